The summed E-state index contributed by atoms with van der Waals surface area (Å²) in [6.45, 7) is 8.42. The van der Waals surface area contributed by atoms with E-state index in [1.165, 1.54) is 7.11 Å². The number of rotatable bonds is 3. The Kier molecular flexibility index (Phi) is 4.62. The van der Waals surface area contributed by atoms with Crippen molar-refractivity contribution >= 4 is 7.60 Å². The Morgan fingerprint density at radius 1 is 1.12 bits per heavy atom. The zero-order valence-electron chi connectivity index (χ0n) is 11.2. The second kappa shape index (κ2) is 5.20. The van der Waals surface area contributed by atoms with Gasteiger partial charge in [-0.25, -0.2) is 0 Å². The zero-order chi connectivity index (χ0) is 12.4. The van der Waals surface area contributed by atoms with Crippen LogP contribution < -0.4 is 0 Å². The van der Waals surface area contributed by atoms with E-state index in [4.69, 9.17) is 9.05 Å². The first-order valence-electron chi connectivity index (χ1n) is 6.06. The SMILES string of the molecule is COP(C)(=O)OC1CCC(C(C)(C)C)CC1. The van der Waals surface area contributed by atoms with Crippen molar-refractivity contribution in [3.8, 4) is 0 Å². The van der Waals surface area contributed by atoms with Crippen molar-refractivity contribution in [2.24, 2.45) is 11.3 Å². The predicted octanol–water partition coefficient (Wildman–Crippen LogP) is 4.08. The van der Waals surface area contributed by atoms with Crippen LogP contribution in [0.25, 0.3) is 0 Å². The normalized spacial score (nSPS) is 31.1. The van der Waals surface area contributed by atoms with Gasteiger partial charge < -0.3 is 9.05 Å². The van der Waals surface area contributed by atoms with Crippen LogP contribution in [0.3, 0.4) is 0 Å². The lowest BCUT2D eigenvalue weighted by atomic mass is 9.72. The van der Waals surface area contributed by atoms with Gasteiger partial charge in [0.15, 0.2) is 0 Å². The highest BCUT2D eigenvalue weighted by Gasteiger charge is 2.32. The molecule has 96 valence electrons. The van der Waals surface area contributed by atoms with Crippen LogP contribution in [0, 0.1) is 11.3 Å². The molecule has 0 spiro atoms. The van der Waals surface area contributed by atoms with Crippen molar-refractivity contribution < 1.29 is 13.6 Å². The molecule has 0 aromatic heterocycles. The molecule has 0 aromatic rings. The minimum absolute atomic E-state index is 0.120. The third-order valence-corrected chi connectivity index (χ3v) is 4.92. The van der Waals surface area contributed by atoms with E-state index >= 15 is 0 Å². The highest BCUT2D eigenvalue weighted by atomic mass is 31.2. The average molecular weight is 248 g/mol. The fourth-order valence-electron chi connectivity index (χ4n) is 2.35. The molecule has 1 rings (SSSR count). The van der Waals surface area contributed by atoms with Gasteiger partial charge in [-0.05, 0) is 37.0 Å². The highest BCUT2D eigenvalue weighted by molar-refractivity contribution is 7.52. The predicted molar refractivity (Wildman–Crippen MR) is 66.8 cm³/mol. The van der Waals surface area contributed by atoms with E-state index in [0.717, 1.165) is 31.6 Å². The molecule has 0 heterocycles. The van der Waals surface area contributed by atoms with Crippen LogP contribution >= 0.6 is 7.60 Å². The third kappa shape index (κ3) is 4.20. The third-order valence-electron chi connectivity index (χ3n) is 3.57. The van der Waals surface area contributed by atoms with E-state index in [9.17, 15) is 4.57 Å². The molecular formula is C12H25O3P. The van der Waals surface area contributed by atoms with Crippen LogP contribution in [0.15, 0.2) is 0 Å². The Bertz CT molecular complexity index is 262. The van der Waals surface area contributed by atoms with Crippen molar-refractivity contribution in [1.29, 1.82) is 0 Å². The summed E-state index contributed by atoms with van der Waals surface area (Å²) >= 11 is 0. The second-order valence-electron chi connectivity index (χ2n) is 5.90. The maximum atomic E-state index is 11.7. The number of hydrogen-bond acceptors (Lipinski definition) is 3. The van der Waals surface area contributed by atoms with Crippen molar-refractivity contribution in [3.63, 3.8) is 0 Å². The van der Waals surface area contributed by atoms with Gasteiger partial charge in [-0.15, -0.1) is 0 Å². The summed E-state index contributed by atoms with van der Waals surface area (Å²) < 4.78 is 22.1. The smallest absolute Gasteiger partial charge is 0.312 e. The molecule has 0 N–H and O–H groups in total. The molecule has 0 amide bonds. The quantitative estimate of drug-likeness (QED) is 0.706. The van der Waals surface area contributed by atoms with Gasteiger partial charge in [-0.3, -0.25) is 4.57 Å². The summed E-state index contributed by atoms with van der Waals surface area (Å²) in [7, 11) is -1.36. The Hall–Kier alpha value is 0.150. The van der Waals surface area contributed by atoms with Gasteiger partial charge in [-0.1, -0.05) is 20.8 Å². The molecule has 16 heavy (non-hydrogen) atoms. The molecule has 1 saturated carbocycles. The van der Waals surface area contributed by atoms with Crippen LogP contribution in [0.5, 0.6) is 0 Å². The zero-order valence-corrected chi connectivity index (χ0v) is 12.0. The first-order chi connectivity index (χ1) is 7.24. The summed E-state index contributed by atoms with van der Waals surface area (Å²) in [5, 5.41) is 0. The van der Waals surface area contributed by atoms with Gasteiger partial charge in [0.25, 0.3) is 0 Å². The topological polar surface area (TPSA) is 35.5 Å². The van der Waals surface area contributed by atoms with Gasteiger partial charge in [0.2, 0.25) is 0 Å². The Morgan fingerprint density at radius 2 is 1.62 bits per heavy atom. The molecule has 1 atom stereocenters. The summed E-state index contributed by atoms with van der Waals surface area (Å²) in [6.07, 6.45) is 4.46. The minimum atomic E-state index is -2.80. The summed E-state index contributed by atoms with van der Waals surface area (Å²) in [5.74, 6) is 0.756. The molecule has 1 aliphatic rings. The average Bonchev–Trinajstić information content (AvgIpc) is 2.16. The highest BCUT2D eigenvalue weighted by Crippen LogP contribution is 2.48. The number of hydrogen-bond donors (Lipinski definition) is 0. The van der Waals surface area contributed by atoms with Crippen molar-refractivity contribution in [3.05, 3.63) is 0 Å². The van der Waals surface area contributed by atoms with Gasteiger partial charge >= 0.3 is 7.60 Å². The lowest BCUT2D eigenvalue weighted by molar-refractivity contribution is 0.0775. The molecule has 0 saturated heterocycles. The first kappa shape index (κ1) is 14.2. The Labute approximate surface area is 99.4 Å². The van der Waals surface area contributed by atoms with E-state index in [0.29, 0.717) is 5.41 Å². The molecule has 0 bridgehead atoms. The van der Waals surface area contributed by atoms with Crippen LogP contribution in [-0.4, -0.2) is 19.9 Å². The second-order valence-corrected chi connectivity index (χ2v) is 8.02. The van der Waals surface area contributed by atoms with Crippen molar-refractivity contribution in [2.75, 3.05) is 13.8 Å². The molecule has 0 radical (unpaired) electrons. The summed E-state index contributed by atoms with van der Waals surface area (Å²) in [6, 6.07) is 0. The lowest BCUT2D eigenvalue weighted by Gasteiger charge is -2.37. The van der Waals surface area contributed by atoms with Crippen molar-refractivity contribution in [2.45, 2.75) is 52.6 Å². The first-order valence-corrected chi connectivity index (χ1v) is 8.05. The maximum absolute atomic E-state index is 11.7. The molecule has 3 nitrogen and oxygen atoms in total. The monoisotopic (exact) mass is 248 g/mol. The molecule has 1 unspecified atom stereocenters. The van der Waals surface area contributed by atoms with Crippen molar-refractivity contribution in [1.82, 2.24) is 0 Å². The van der Waals surface area contributed by atoms with Gasteiger partial charge in [-0.2, -0.15) is 0 Å². The van der Waals surface area contributed by atoms with Gasteiger partial charge in [0, 0.05) is 13.8 Å². The summed E-state index contributed by atoms with van der Waals surface area (Å²) in [4.78, 5) is 0. The summed E-state index contributed by atoms with van der Waals surface area (Å²) in [5.41, 5.74) is 0.377. The molecule has 4 heteroatoms. The largest absolute Gasteiger partial charge is 0.327 e. The van der Waals surface area contributed by atoms with E-state index in [1.54, 1.807) is 6.66 Å². The van der Waals surface area contributed by atoms with E-state index in [2.05, 4.69) is 20.8 Å². The molecule has 1 fully saturated rings. The standard InChI is InChI=1S/C12H25O3P/c1-12(2,3)10-6-8-11(9-7-10)15-16(5,13)14-4/h10-11H,6-9H2,1-5H3. The van der Waals surface area contributed by atoms with E-state index in [1.807, 2.05) is 0 Å². The fraction of sp³-hybridized carbons (Fsp3) is 1.00. The molecule has 0 aliphatic heterocycles. The molecule has 1 aliphatic carbocycles. The maximum Gasteiger partial charge on any atom is 0.327 e. The van der Waals surface area contributed by atoms with Crippen LogP contribution in [0.4, 0.5) is 0 Å². The van der Waals surface area contributed by atoms with Gasteiger partial charge in [0.05, 0.1) is 6.10 Å². The minimum Gasteiger partial charge on any atom is -0.312 e. The van der Waals surface area contributed by atoms with Crippen LogP contribution in [0.2, 0.25) is 0 Å². The lowest BCUT2D eigenvalue weighted by Crippen LogP contribution is -2.28. The fourth-order valence-corrected chi connectivity index (χ4v) is 3.19. The van der Waals surface area contributed by atoms with Crippen LogP contribution in [0.1, 0.15) is 46.5 Å². The molecule has 0 aromatic carbocycles. The van der Waals surface area contributed by atoms with E-state index < -0.39 is 7.60 Å². The van der Waals surface area contributed by atoms with Crippen LogP contribution in [-0.2, 0) is 13.6 Å². The van der Waals surface area contributed by atoms with E-state index in [-0.39, 0.29) is 6.10 Å². The Morgan fingerprint density at radius 3 is 2.00 bits per heavy atom. The van der Waals surface area contributed by atoms with Gasteiger partial charge in [0.1, 0.15) is 0 Å². The Balaban J connectivity index is 2.41. The molecular weight excluding hydrogens is 223 g/mol.